The van der Waals surface area contributed by atoms with Gasteiger partial charge in [-0.3, -0.25) is 0 Å². The Morgan fingerprint density at radius 2 is 2.00 bits per heavy atom. The summed E-state index contributed by atoms with van der Waals surface area (Å²) in [5, 5.41) is 0. The number of halogens is 3. The molecule has 10 heavy (non-hydrogen) atoms. The highest BCUT2D eigenvalue weighted by atomic mass is 19.4. The normalized spacial score (nSPS) is 8.90. The van der Waals surface area contributed by atoms with Crippen molar-refractivity contribution < 1.29 is 13.2 Å². The van der Waals surface area contributed by atoms with Crippen molar-refractivity contribution in [3.63, 3.8) is 0 Å². The van der Waals surface area contributed by atoms with Gasteiger partial charge in [0.2, 0.25) is 0 Å². The fourth-order valence-electron chi connectivity index (χ4n) is 0.344. The SMILES string of the molecule is Cc1ncc[nH]1.FC(F)F. The molecule has 0 saturated carbocycles. The Hall–Kier alpha value is -1.00. The predicted molar refractivity (Wildman–Crippen MR) is 30.4 cm³/mol. The fraction of sp³-hybridized carbons (Fsp3) is 0.400. The van der Waals surface area contributed by atoms with Crippen molar-refractivity contribution >= 4 is 0 Å². The van der Waals surface area contributed by atoms with E-state index in [0.717, 1.165) is 5.82 Å². The number of imidazole rings is 1. The van der Waals surface area contributed by atoms with Crippen LogP contribution in [0.2, 0.25) is 0 Å². The van der Waals surface area contributed by atoms with Crippen LogP contribution in [0.25, 0.3) is 0 Å². The first-order valence-corrected chi connectivity index (χ1v) is 2.51. The standard InChI is InChI=1S/C4H6N2.CHF3/c1-4-5-2-3-6-4;2-1(3)4/h2-3H,1H3,(H,5,6);1H. The van der Waals surface area contributed by atoms with Crippen LogP contribution in [-0.2, 0) is 0 Å². The molecule has 58 valence electrons. The van der Waals surface area contributed by atoms with Crippen LogP contribution in [0, 0.1) is 6.92 Å². The van der Waals surface area contributed by atoms with Gasteiger partial charge in [-0.1, -0.05) is 0 Å². The molecule has 0 unspecified atom stereocenters. The van der Waals surface area contributed by atoms with E-state index in [9.17, 15) is 13.2 Å². The third-order valence-electron chi connectivity index (χ3n) is 0.635. The van der Waals surface area contributed by atoms with E-state index in [1.54, 1.807) is 12.4 Å². The summed E-state index contributed by atoms with van der Waals surface area (Å²) in [5.74, 6) is 0.968. The van der Waals surface area contributed by atoms with Crippen LogP contribution in [0.4, 0.5) is 13.2 Å². The van der Waals surface area contributed by atoms with E-state index in [4.69, 9.17) is 0 Å². The van der Waals surface area contributed by atoms with Crippen LogP contribution in [0.1, 0.15) is 5.82 Å². The molecule has 1 rings (SSSR count). The fourth-order valence-corrected chi connectivity index (χ4v) is 0.344. The summed E-state index contributed by atoms with van der Waals surface area (Å²) in [6, 6.07) is 0. The lowest BCUT2D eigenvalue weighted by Gasteiger charge is -1.68. The van der Waals surface area contributed by atoms with E-state index in [1.807, 2.05) is 6.92 Å². The van der Waals surface area contributed by atoms with Gasteiger partial charge in [0.05, 0.1) is 0 Å². The van der Waals surface area contributed by atoms with Gasteiger partial charge < -0.3 is 4.98 Å². The minimum absolute atomic E-state index is 0.968. The highest BCUT2D eigenvalue weighted by molar-refractivity contribution is 4.80. The van der Waals surface area contributed by atoms with Crippen molar-refractivity contribution in [1.82, 2.24) is 9.97 Å². The molecule has 1 heterocycles. The maximum absolute atomic E-state index is 9.67. The van der Waals surface area contributed by atoms with Gasteiger partial charge in [0.15, 0.2) is 0 Å². The molecule has 1 aromatic heterocycles. The molecule has 1 aromatic rings. The van der Waals surface area contributed by atoms with E-state index >= 15 is 0 Å². The maximum atomic E-state index is 9.67. The summed E-state index contributed by atoms with van der Waals surface area (Å²) in [6.07, 6.45) is 3.53. The summed E-state index contributed by atoms with van der Waals surface area (Å²) in [4.78, 5) is 6.75. The summed E-state index contributed by atoms with van der Waals surface area (Å²) in [6.45, 7) is -1.75. The Morgan fingerprint density at radius 3 is 2.10 bits per heavy atom. The smallest absolute Gasteiger partial charge is 0.349 e. The quantitative estimate of drug-likeness (QED) is 0.604. The van der Waals surface area contributed by atoms with Gasteiger partial charge in [-0.15, -0.1) is 0 Å². The van der Waals surface area contributed by atoms with Crippen LogP contribution >= 0.6 is 0 Å². The monoisotopic (exact) mass is 152 g/mol. The van der Waals surface area contributed by atoms with E-state index in [-0.39, 0.29) is 0 Å². The minimum atomic E-state index is -3.67. The molecule has 0 amide bonds. The van der Waals surface area contributed by atoms with E-state index < -0.39 is 6.68 Å². The van der Waals surface area contributed by atoms with Gasteiger partial charge >= 0.3 is 6.68 Å². The van der Waals surface area contributed by atoms with Gasteiger partial charge in [0.1, 0.15) is 5.82 Å². The Morgan fingerprint density at radius 1 is 1.50 bits per heavy atom. The summed E-state index contributed by atoms with van der Waals surface area (Å²) >= 11 is 0. The summed E-state index contributed by atoms with van der Waals surface area (Å²) < 4.78 is 29.0. The van der Waals surface area contributed by atoms with Gasteiger partial charge in [0.25, 0.3) is 0 Å². The number of nitrogens with one attached hydrogen (secondary N) is 1. The third kappa shape index (κ3) is 7.00. The molecular formula is C5H7F3N2. The van der Waals surface area contributed by atoms with Crippen LogP contribution in [0.3, 0.4) is 0 Å². The minimum Gasteiger partial charge on any atom is -0.349 e. The first-order valence-electron chi connectivity index (χ1n) is 2.51. The first-order chi connectivity index (χ1) is 4.63. The molecule has 0 radical (unpaired) electrons. The number of aromatic nitrogens is 2. The van der Waals surface area contributed by atoms with Gasteiger partial charge in [0, 0.05) is 12.4 Å². The predicted octanol–water partition coefficient (Wildman–Crippen LogP) is 1.90. The lowest BCUT2D eigenvalue weighted by atomic mass is 10.8. The molecule has 0 aliphatic rings. The lowest BCUT2D eigenvalue weighted by molar-refractivity contribution is 0.00819. The van der Waals surface area contributed by atoms with Crippen molar-refractivity contribution in [2.45, 2.75) is 13.6 Å². The van der Waals surface area contributed by atoms with E-state index in [0.29, 0.717) is 0 Å². The molecule has 5 heteroatoms. The van der Waals surface area contributed by atoms with Crippen molar-refractivity contribution in [3.05, 3.63) is 18.2 Å². The molecule has 0 bridgehead atoms. The molecule has 0 aliphatic carbocycles. The largest absolute Gasteiger partial charge is 0.379 e. The number of hydrogen-bond acceptors (Lipinski definition) is 1. The zero-order valence-electron chi connectivity index (χ0n) is 5.31. The second-order valence-corrected chi connectivity index (χ2v) is 1.42. The molecule has 1 N–H and O–H groups in total. The van der Waals surface area contributed by atoms with Crippen molar-refractivity contribution in [1.29, 1.82) is 0 Å². The highest BCUT2D eigenvalue weighted by Crippen LogP contribution is 1.87. The Labute approximate surface area is 56.1 Å². The number of aryl methyl sites for hydroxylation is 1. The number of hydrogen-bond donors (Lipinski definition) is 1. The molecule has 0 fully saturated rings. The number of H-pyrrole nitrogens is 1. The zero-order chi connectivity index (χ0) is 7.98. The van der Waals surface area contributed by atoms with E-state index in [1.165, 1.54) is 0 Å². The molecule has 0 aromatic carbocycles. The molecule has 0 saturated heterocycles. The van der Waals surface area contributed by atoms with Crippen molar-refractivity contribution in [2.24, 2.45) is 0 Å². The van der Waals surface area contributed by atoms with Gasteiger partial charge in [-0.25, -0.2) is 4.98 Å². The summed E-state index contributed by atoms with van der Waals surface area (Å²) in [7, 11) is 0. The Balaban J connectivity index is 0.000000180. The lowest BCUT2D eigenvalue weighted by Crippen LogP contribution is -1.66. The van der Waals surface area contributed by atoms with Gasteiger partial charge in [-0.2, -0.15) is 13.2 Å². The molecule has 0 aliphatic heterocycles. The van der Waals surface area contributed by atoms with Crippen LogP contribution < -0.4 is 0 Å². The number of nitrogens with zero attached hydrogens (tertiary/aromatic N) is 1. The average molecular weight is 152 g/mol. The number of aromatic amines is 1. The second-order valence-electron chi connectivity index (χ2n) is 1.42. The summed E-state index contributed by atoms with van der Waals surface area (Å²) in [5.41, 5.74) is 0. The average Bonchev–Trinajstić information content (AvgIpc) is 2.15. The van der Waals surface area contributed by atoms with Crippen molar-refractivity contribution in [2.75, 3.05) is 0 Å². The molecule has 0 spiro atoms. The first kappa shape index (κ1) is 9.00. The second kappa shape index (κ2) is 4.84. The van der Waals surface area contributed by atoms with Crippen molar-refractivity contribution in [3.8, 4) is 0 Å². The van der Waals surface area contributed by atoms with E-state index in [2.05, 4.69) is 9.97 Å². The van der Waals surface area contributed by atoms with Crippen LogP contribution in [-0.4, -0.2) is 16.6 Å². The zero-order valence-corrected chi connectivity index (χ0v) is 5.31. The molecule has 2 nitrogen and oxygen atoms in total. The highest BCUT2D eigenvalue weighted by Gasteiger charge is 1.86. The van der Waals surface area contributed by atoms with Crippen LogP contribution in [0.15, 0.2) is 12.4 Å². The molecule has 0 atom stereocenters. The topological polar surface area (TPSA) is 28.7 Å². The Kier molecular flexibility index (Phi) is 4.36. The molecular weight excluding hydrogens is 145 g/mol. The third-order valence-corrected chi connectivity index (χ3v) is 0.635. The maximum Gasteiger partial charge on any atom is 0.379 e. The van der Waals surface area contributed by atoms with Gasteiger partial charge in [-0.05, 0) is 6.92 Å². The number of rotatable bonds is 0. The number of alkyl halides is 3. The van der Waals surface area contributed by atoms with Crippen LogP contribution in [0.5, 0.6) is 0 Å². The Bertz CT molecular complexity index is 147.